The molecule has 3 aromatic rings. The lowest BCUT2D eigenvalue weighted by Gasteiger charge is -2.34. The number of hydrogen-bond donors (Lipinski definition) is 1. The van der Waals surface area contributed by atoms with Crippen molar-refractivity contribution in [2.24, 2.45) is 0 Å². The minimum absolute atomic E-state index is 0. The third kappa shape index (κ3) is 4.59. The summed E-state index contributed by atoms with van der Waals surface area (Å²) in [5.74, 6) is 0.914. The maximum Gasteiger partial charge on any atom is 0.160 e. The van der Waals surface area contributed by atoms with Gasteiger partial charge in [0.25, 0.3) is 0 Å². The largest absolute Gasteiger partial charge is 0.373 e. The number of halogens is 2. The van der Waals surface area contributed by atoms with Gasteiger partial charge in [0.15, 0.2) is 5.82 Å². The molecule has 1 aromatic carbocycles. The Balaban J connectivity index is 0.00000120. The van der Waals surface area contributed by atoms with Crippen molar-refractivity contribution in [2.45, 2.75) is 25.7 Å². The van der Waals surface area contributed by atoms with Crippen molar-refractivity contribution in [3.8, 4) is 11.5 Å². The van der Waals surface area contributed by atoms with Crippen LogP contribution in [0.4, 0.5) is 5.69 Å². The molecule has 0 spiro atoms. The molecule has 0 saturated carbocycles. The van der Waals surface area contributed by atoms with Crippen molar-refractivity contribution < 1.29 is 4.74 Å². The molecule has 0 bridgehead atoms. The van der Waals surface area contributed by atoms with E-state index < -0.39 is 0 Å². The summed E-state index contributed by atoms with van der Waals surface area (Å²) < 4.78 is 10.3. The molecule has 2 aliphatic heterocycles. The van der Waals surface area contributed by atoms with Gasteiger partial charge in [0.2, 0.25) is 0 Å². The summed E-state index contributed by atoms with van der Waals surface area (Å²) in [6, 6.07) is 12.7. The molecular weight excluding hydrogens is 411 g/mol. The Morgan fingerprint density at radius 2 is 2.00 bits per heavy atom. The Labute approximate surface area is 182 Å². The molecule has 7 nitrogen and oxygen atoms in total. The number of morpholine rings is 1. The predicted octanol–water partition coefficient (Wildman–Crippen LogP) is 2.60. The molecule has 0 amide bonds. The molecule has 2 aliphatic rings. The third-order valence-corrected chi connectivity index (χ3v) is 5.27. The zero-order chi connectivity index (χ0) is 18.1. The standard InChI is InChI=1S/C20H24N6O.2ClH/c1-2-4-16(5-3-1)24-10-11-27-18(14-24)15-25-8-7-22-20(25)19-12-17-13-21-6-9-26(17)23-19;;/h1-5,7-8,12,18,21H,6,9-11,13-15H2;2*1H. The Hall–Kier alpha value is -2.06. The van der Waals surface area contributed by atoms with Gasteiger partial charge in [-0.25, -0.2) is 4.98 Å². The molecule has 0 radical (unpaired) electrons. The van der Waals surface area contributed by atoms with Crippen LogP contribution in [0.25, 0.3) is 11.5 Å². The van der Waals surface area contributed by atoms with Crippen molar-refractivity contribution in [1.82, 2.24) is 24.6 Å². The first-order chi connectivity index (χ1) is 13.4. The lowest BCUT2D eigenvalue weighted by Crippen LogP contribution is -2.44. The smallest absolute Gasteiger partial charge is 0.160 e. The molecular formula is C20H26Cl2N6O. The highest BCUT2D eigenvalue weighted by molar-refractivity contribution is 5.85. The van der Waals surface area contributed by atoms with Gasteiger partial charge in [-0.15, -0.1) is 24.8 Å². The monoisotopic (exact) mass is 436 g/mol. The summed E-state index contributed by atoms with van der Waals surface area (Å²) in [7, 11) is 0. The van der Waals surface area contributed by atoms with Crippen LogP contribution < -0.4 is 10.2 Å². The average molecular weight is 437 g/mol. The zero-order valence-electron chi connectivity index (χ0n) is 16.1. The minimum Gasteiger partial charge on any atom is -0.373 e. The lowest BCUT2D eigenvalue weighted by atomic mass is 10.2. The van der Waals surface area contributed by atoms with Gasteiger partial charge in [-0.2, -0.15) is 5.10 Å². The second-order valence-corrected chi connectivity index (χ2v) is 7.10. The van der Waals surface area contributed by atoms with Gasteiger partial charge in [0.1, 0.15) is 5.69 Å². The Kier molecular flexibility index (Phi) is 7.18. The van der Waals surface area contributed by atoms with E-state index in [4.69, 9.17) is 9.84 Å². The average Bonchev–Trinajstić information content (AvgIpc) is 3.35. The summed E-state index contributed by atoms with van der Waals surface area (Å²) in [5.41, 5.74) is 3.41. The number of hydrogen-bond acceptors (Lipinski definition) is 5. The van der Waals surface area contributed by atoms with Crippen LogP contribution in [0.15, 0.2) is 48.8 Å². The van der Waals surface area contributed by atoms with Gasteiger partial charge in [-0.1, -0.05) is 18.2 Å². The van der Waals surface area contributed by atoms with E-state index in [1.807, 2.05) is 12.4 Å². The molecule has 4 heterocycles. The second kappa shape index (κ2) is 9.63. The molecule has 2 aromatic heterocycles. The van der Waals surface area contributed by atoms with Crippen LogP contribution in [0.1, 0.15) is 5.69 Å². The molecule has 5 rings (SSSR count). The number of para-hydroxylation sites is 1. The topological polar surface area (TPSA) is 60.1 Å². The Bertz CT molecular complexity index is 889. The van der Waals surface area contributed by atoms with E-state index in [0.29, 0.717) is 0 Å². The first kappa shape index (κ1) is 21.6. The molecule has 1 atom stereocenters. The molecule has 9 heteroatoms. The van der Waals surface area contributed by atoms with E-state index in [0.717, 1.165) is 57.4 Å². The van der Waals surface area contributed by atoms with Crippen molar-refractivity contribution >= 4 is 30.5 Å². The van der Waals surface area contributed by atoms with Gasteiger partial charge in [-0.3, -0.25) is 4.68 Å². The van der Waals surface area contributed by atoms with Crippen LogP contribution >= 0.6 is 24.8 Å². The fourth-order valence-corrected chi connectivity index (χ4v) is 3.91. The van der Waals surface area contributed by atoms with E-state index in [1.165, 1.54) is 11.4 Å². The lowest BCUT2D eigenvalue weighted by molar-refractivity contribution is 0.0299. The van der Waals surface area contributed by atoms with E-state index in [1.54, 1.807) is 0 Å². The quantitative estimate of drug-likeness (QED) is 0.680. The highest BCUT2D eigenvalue weighted by atomic mass is 35.5. The maximum absolute atomic E-state index is 6.05. The van der Waals surface area contributed by atoms with Crippen molar-refractivity contribution in [1.29, 1.82) is 0 Å². The number of rotatable bonds is 4. The second-order valence-electron chi connectivity index (χ2n) is 7.10. The molecule has 156 valence electrons. The molecule has 1 N–H and O–H groups in total. The van der Waals surface area contributed by atoms with Crippen LogP contribution in [0, 0.1) is 0 Å². The van der Waals surface area contributed by atoms with Crippen LogP contribution in [0.5, 0.6) is 0 Å². The van der Waals surface area contributed by atoms with E-state index >= 15 is 0 Å². The number of imidazole rings is 1. The third-order valence-electron chi connectivity index (χ3n) is 5.27. The fraction of sp³-hybridized carbons (Fsp3) is 0.400. The summed E-state index contributed by atoms with van der Waals surface area (Å²) in [6.45, 7) is 6.07. The fourth-order valence-electron chi connectivity index (χ4n) is 3.91. The first-order valence-corrected chi connectivity index (χ1v) is 9.57. The number of benzene rings is 1. The summed E-state index contributed by atoms with van der Waals surface area (Å²) in [4.78, 5) is 6.96. The SMILES string of the molecule is Cl.Cl.c1ccc(N2CCOC(Cn3ccnc3-c3cc4n(n3)CCNC4)C2)cc1. The number of anilines is 1. The minimum atomic E-state index is 0. The van der Waals surface area contributed by atoms with E-state index in [9.17, 15) is 0 Å². The van der Waals surface area contributed by atoms with Gasteiger partial charge in [0.05, 0.1) is 31.5 Å². The normalized spacial score (nSPS) is 18.5. The zero-order valence-corrected chi connectivity index (χ0v) is 17.7. The number of ether oxygens (including phenoxy) is 1. The van der Waals surface area contributed by atoms with E-state index in [-0.39, 0.29) is 30.9 Å². The number of nitrogens with one attached hydrogen (secondary N) is 1. The van der Waals surface area contributed by atoms with Crippen LogP contribution in [0.2, 0.25) is 0 Å². The summed E-state index contributed by atoms with van der Waals surface area (Å²) >= 11 is 0. The van der Waals surface area contributed by atoms with Crippen molar-refractivity contribution in [3.05, 3.63) is 54.5 Å². The van der Waals surface area contributed by atoms with Gasteiger partial charge < -0.3 is 19.5 Å². The van der Waals surface area contributed by atoms with Crippen LogP contribution in [-0.4, -0.2) is 51.7 Å². The molecule has 29 heavy (non-hydrogen) atoms. The molecule has 1 saturated heterocycles. The summed E-state index contributed by atoms with van der Waals surface area (Å²) in [6.07, 6.45) is 4.01. The number of aromatic nitrogens is 4. The van der Waals surface area contributed by atoms with Crippen molar-refractivity contribution in [2.75, 3.05) is 31.1 Å². The van der Waals surface area contributed by atoms with Gasteiger partial charge in [-0.05, 0) is 18.2 Å². The van der Waals surface area contributed by atoms with E-state index in [2.05, 4.69) is 60.8 Å². The van der Waals surface area contributed by atoms with Crippen LogP contribution in [0.3, 0.4) is 0 Å². The Morgan fingerprint density at radius 1 is 1.14 bits per heavy atom. The Morgan fingerprint density at radius 3 is 2.83 bits per heavy atom. The van der Waals surface area contributed by atoms with Gasteiger partial charge >= 0.3 is 0 Å². The highest BCUT2D eigenvalue weighted by Crippen LogP contribution is 2.22. The number of fused-ring (bicyclic) bond motifs is 1. The predicted molar refractivity (Wildman–Crippen MR) is 118 cm³/mol. The van der Waals surface area contributed by atoms with Crippen molar-refractivity contribution in [3.63, 3.8) is 0 Å². The molecule has 1 unspecified atom stereocenters. The van der Waals surface area contributed by atoms with Gasteiger partial charge in [0, 0.05) is 44.3 Å². The molecule has 1 fully saturated rings. The highest BCUT2D eigenvalue weighted by Gasteiger charge is 2.23. The number of nitrogens with zero attached hydrogens (tertiary/aromatic N) is 5. The summed E-state index contributed by atoms with van der Waals surface area (Å²) in [5, 5.41) is 8.14. The van der Waals surface area contributed by atoms with Crippen LogP contribution in [-0.2, 0) is 24.4 Å². The maximum atomic E-state index is 6.05. The first-order valence-electron chi connectivity index (χ1n) is 9.57. The molecule has 0 aliphatic carbocycles.